The molecule has 0 radical (unpaired) electrons. The number of hydrogen-bond donors (Lipinski definition) is 1. The Bertz CT molecular complexity index is 329. The highest BCUT2D eigenvalue weighted by Crippen LogP contribution is 2.28. The van der Waals surface area contributed by atoms with Crippen LogP contribution in [-0.4, -0.2) is 18.1 Å². The minimum absolute atomic E-state index is 0.196. The predicted molar refractivity (Wildman–Crippen MR) is 53.6 cm³/mol. The topological polar surface area (TPSA) is 29.5 Å². The summed E-state index contributed by atoms with van der Waals surface area (Å²) in [4.78, 5) is 0. The number of alkyl halides is 2. The van der Waals surface area contributed by atoms with Crippen molar-refractivity contribution in [2.45, 2.75) is 19.5 Å². The van der Waals surface area contributed by atoms with Gasteiger partial charge >= 0.3 is 0 Å². The van der Waals surface area contributed by atoms with E-state index in [-0.39, 0.29) is 10.8 Å². The molecule has 0 fully saturated rings. The van der Waals surface area contributed by atoms with Crippen molar-refractivity contribution in [1.82, 2.24) is 0 Å². The molecule has 5 heteroatoms. The zero-order chi connectivity index (χ0) is 11.4. The molecule has 0 amide bonds. The van der Waals surface area contributed by atoms with Crippen molar-refractivity contribution in [2.75, 3.05) is 6.61 Å². The molecule has 1 N–H and O–H groups in total. The summed E-state index contributed by atoms with van der Waals surface area (Å²) in [6.07, 6.45) is -3.18. The predicted octanol–water partition coefficient (Wildman–Crippen LogP) is 3.04. The number of rotatable bonds is 4. The summed E-state index contributed by atoms with van der Waals surface area (Å²) in [6, 6.07) is 4.54. The largest absolute Gasteiger partial charge is 0.486 e. The number of benzene rings is 1. The van der Waals surface area contributed by atoms with Gasteiger partial charge in [-0.15, -0.1) is 0 Å². The second-order valence-corrected chi connectivity index (χ2v) is 3.48. The molecule has 0 saturated heterocycles. The second kappa shape index (κ2) is 5.28. The monoisotopic (exact) mass is 236 g/mol. The van der Waals surface area contributed by atoms with Gasteiger partial charge in [0.05, 0.1) is 11.1 Å². The maximum Gasteiger partial charge on any atom is 0.272 e. The van der Waals surface area contributed by atoms with E-state index in [1.165, 1.54) is 12.1 Å². The van der Waals surface area contributed by atoms with E-state index in [1.807, 2.05) is 0 Å². The van der Waals surface area contributed by atoms with E-state index in [9.17, 15) is 13.9 Å². The number of aliphatic hydroxyl groups excluding tert-OH is 1. The lowest BCUT2D eigenvalue weighted by Gasteiger charge is -2.10. The highest BCUT2D eigenvalue weighted by Gasteiger charge is 2.09. The first-order valence-corrected chi connectivity index (χ1v) is 4.77. The lowest BCUT2D eigenvalue weighted by Crippen LogP contribution is -2.07. The molecule has 0 bridgehead atoms. The fraction of sp³-hybridized carbons (Fsp3) is 0.400. The minimum atomic E-state index is -2.53. The third kappa shape index (κ3) is 3.64. The number of aliphatic hydroxyl groups is 1. The van der Waals surface area contributed by atoms with Crippen molar-refractivity contribution in [2.24, 2.45) is 0 Å². The highest BCUT2D eigenvalue weighted by molar-refractivity contribution is 6.32. The first-order chi connectivity index (χ1) is 7.00. The smallest absolute Gasteiger partial charge is 0.272 e. The van der Waals surface area contributed by atoms with Crippen LogP contribution < -0.4 is 4.74 Å². The molecule has 0 aliphatic carbocycles. The quantitative estimate of drug-likeness (QED) is 0.871. The van der Waals surface area contributed by atoms with Crippen molar-refractivity contribution in [3.05, 3.63) is 28.8 Å². The summed E-state index contributed by atoms with van der Waals surface area (Å²) in [5.74, 6) is 0.196. The molecule has 1 aromatic carbocycles. The fourth-order valence-corrected chi connectivity index (χ4v) is 1.29. The highest BCUT2D eigenvalue weighted by atomic mass is 35.5. The lowest BCUT2D eigenvalue weighted by molar-refractivity contribution is 0.0819. The third-order valence-electron chi connectivity index (χ3n) is 1.80. The van der Waals surface area contributed by atoms with E-state index < -0.39 is 19.1 Å². The van der Waals surface area contributed by atoms with Crippen molar-refractivity contribution in [3.63, 3.8) is 0 Å². The first-order valence-electron chi connectivity index (χ1n) is 4.39. The maximum absolute atomic E-state index is 11.9. The van der Waals surface area contributed by atoms with Gasteiger partial charge in [-0.1, -0.05) is 17.7 Å². The van der Waals surface area contributed by atoms with Gasteiger partial charge in [0.25, 0.3) is 6.43 Å². The van der Waals surface area contributed by atoms with Gasteiger partial charge in [-0.05, 0) is 24.6 Å². The van der Waals surface area contributed by atoms with Crippen LogP contribution in [-0.2, 0) is 0 Å². The van der Waals surface area contributed by atoms with Gasteiger partial charge in [-0.25, -0.2) is 8.78 Å². The van der Waals surface area contributed by atoms with Crippen LogP contribution in [0.25, 0.3) is 0 Å². The van der Waals surface area contributed by atoms with E-state index in [0.29, 0.717) is 5.56 Å². The average molecular weight is 237 g/mol. The number of hydrogen-bond acceptors (Lipinski definition) is 2. The van der Waals surface area contributed by atoms with Crippen LogP contribution in [0.2, 0.25) is 5.02 Å². The fourth-order valence-electron chi connectivity index (χ4n) is 1.05. The van der Waals surface area contributed by atoms with E-state index >= 15 is 0 Å². The molecule has 0 aliphatic heterocycles. The molecule has 15 heavy (non-hydrogen) atoms. The Labute approximate surface area is 91.4 Å². The summed E-state index contributed by atoms with van der Waals surface area (Å²) in [7, 11) is 0. The van der Waals surface area contributed by atoms with Gasteiger partial charge in [0.2, 0.25) is 0 Å². The average Bonchev–Trinajstić information content (AvgIpc) is 2.15. The van der Waals surface area contributed by atoms with E-state index in [4.69, 9.17) is 16.3 Å². The zero-order valence-electron chi connectivity index (χ0n) is 8.08. The summed E-state index contributed by atoms with van der Waals surface area (Å²) < 4.78 is 28.5. The van der Waals surface area contributed by atoms with Crippen molar-refractivity contribution in [3.8, 4) is 5.75 Å². The van der Waals surface area contributed by atoms with Crippen molar-refractivity contribution in [1.29, 1.82) is 0 Å². The van der Waals surface area contributed by atoms with Gasteiger partial charge in [-0.2, -0.15) is 0 Å². The lowest BCUT2D eigenvalue weighted by atomic mass is 10.1. The van der Waals surface area contributed by atoms with E-state index in [2.05, 4.69) is 0 Å². The molecule has 2 nitrogen and oxygen atoms in total. The molecule has 0 spiro atoms. The van der Waals surface area contributed by atoms with Gasteiger partial charge < -0.3 is 9.84 Å². The Morgan fingerprint density at radius 3 is 2.60 bits per heavy atom. The Hall–Kier alpha value is -0.870. The Kier molecular flexibility index (Phi) is 4.29. The van der Waals surface area contributed by atoms with Gasteiger partial charge in [0.1, 0.15) is 12.4 Å². The van der Waals surface area contributed by atoms with Crippen LogP contribution in [0.15, 0.2) is 18.2 Å². The van der Waals surface area contributed by atoms with E-state index in [1.54, 1.807) is 13.0 Å². The summed E-state index contributed by atoms with van der Waals surface area (Å²) in [5.41, 5.74) is 0.615. The summed E-state index contributed by atoms with van der Waals surface area (Å²) in [5, 5.41) is 9.45. The van der Waals surface area contributed by atoms with E-state index in [0.717, 1.165) is 0 Å². The normalized spacial score (nSPS) is 12.9. The number of halogens is 3. The third-order valence-corrected chi connectivity index (χ3v) is 2.10. The molecule has 0 heterocycles. The molecule has 0 saturated carbocycles. The molecule has 0 aromatic heterocycles. The van der Waals surface area contributed by atoms with Crippen LogP contribution in [0.1, 0.15) is 18.6 Å². The molecule has 1 aromatic rings. The van der Waals surface area contributed by atoms with Crippen molar-refractivity contribution >= 4 is 11.6 Å². The number of ether oxygens (including phenoxy) is 1. The Balaban J connectivity index is 2.75. The van der Waals surface area contributed by atoms with Crippen LogP contribution in [0.3, 0.4) is 0 Å². The van der Waals surface area contributed by atoms with Gasteiger partial charge in [0, 0.05) is 0 Å². The Morgan fingerprint density at radius 2 is 2.13 bits per heavy atom. The first kappa shape index (κ1) is 12.2. The van der Waals surface area contributed by atoms with Crippen LogP contribution in [0.4, 0.5) is 8.78 Å². The maximum atomic E-state index is 11.9. The summed E-state index contributed by atoms with van der Waals surface area (Å²) in [6.45, 7) is 0.902. The van der Waals surface area contributed by atoms with Crippen molar-refractivity contribution < 1.29 is 18.6 Å². The molecule has 1 atom stereocenters. The minimum Gasteiger partial charge on any atom is -0.486 e. The zero-order valence-corrected chi connectivity index (χ0v) is 8.84. The molecule has 84 valence electrons. The van der Waals surface area contributed by atoms with Crippen LogP contribution in [0.5, 0.6) is 5.75 Å². The summed E-state index contributed by atoms with van der Waals surface area (Å²) >= 11 is 5.78. The standard InChI is InChI=1S/C10H11ClF2O2/c1-6(14)7-2-3-9(8(11)4-7)15-5-10(12)13/h2-4,6,10,14H,5H2,1H3/t6-/m1/s1. The SMILES string of the molecule is C[C@@H](O)c1ccc(OCC(F)F)c(Cl)c1. The van der Waals surface area contributed by atoms with Gasteiger partial charge in [0.15, 0.2) is 0 Å². The molecular weight excluding hydrogens is 226 g/mol. The molecular formula is C10H11ClF2O2. The Morgan fingerprint density at radius 1 is 1.47 bits per heavy atom. The van der Waals surface area contributed by atoms with Crippen LogP contribution in [0, 0.1) is 0 Å². The molecule has 1 rings (SSSR count). The van der Waals surface area contributed by atoms with Gasteiger partial charge in [-0.3, -0.25) is 0 Å². The second-order valence-electron chi connectivity index (χ2n) is 3.07. The molecule has 0 unspecified atom stereocenters. The van der Waals surface area contributed by atoms with Crippen LogP contribution >= 0.6 is 11.6 Å². The molecule has 0 aliphatic rings.